The van der Waals surface area contributed by atoms with E-state index in [0.29, 0.717) is 13.1 Å². The number of amides is 1. The maximum Gasteiger partial charge on any atom is 0.410 e. The highest BCUT2D eigenvalue weighted by Crippen LogP contribution is 2.45. The molecular weight excluding hydrogens is 386 g/mol. The molecule has 1 unspecified atom stereocenters. The Labute approximate surface area is 177 Å². The molecule has 1 spiro atoms. The minimum absolute atomic E-state index is 0.220. The number of fused-ring (bicyclic) bond motifs is 1. The molecule has 6 nitrogen and oxygen atoms in total. The van der Waals surface area contributed by atoms with Crippen LogP contribution >= 0.6 is 0 Å². The number of nitrogens with zero attached hydrogens (tertiary/aromatic N) is 3. The van der Waals surface area contributed by atoms with Crippen LogP contribution in [0.1, 0.15) is 71.2 Å². The van der Waals surface area contributed by atoms with Crippen molar-refractivity contribution in [3.63, 3.8) is 0 Å². The lowest BCUT2D eigenvalue weighted by Crippen LogP contribution is -2.47. The van der Waals surface area contributed by atoms with Crippen molar-refractivity contribution < 1.29 is 14.1 Å². The standard InChI is InChI=1S/C22H33N3O3S/c1-15-12-16-17(23-14-15)13-22(18(16)24-29(27)21(5,6)7)8-10-25(11-9-22)19(26)28-20(2,3)4/h12,14H,8-11,13H2,1-7H3. The molecule has 7 heteroatoms. The highest BCUT2D eigenvalue weighted by Gasteiger charge is 2.49. The summed E-state index contributed by atoms with van der Waals surface area (Å²) in [7, 11) is 0. The molecule has 1 aliphatic heterocycles. The molecule has 2 aliphatic rings. The van der Waals surface area contributed by atoms with Crippen molar-refractivity contribution in [1.29, 1.82) is 0 Å². The van der Waals surface area contributed by atoms with Gasteiger partial charge in [-0.2, -0.15) is 0 Å². The average molecular weight is 420 g/mol. The van der Waals surface area contributed by atoms with Gasteiger partial charge in [0.15, 0.2) is 0 Å². The Kier molecular flexibility index (Phi) is 5.78. The van der Waals surface area contributed by atoms with Gasteiger partial charge in [-0.05, 0) is 72.9 Å². The Balaban J connectivity index is 1.88. The van der Waals surface area contributed by atoms with Gasteiger partial charge < -0.3 is 14.2 Å². The van der Waals surface area contributed by atoms with E-state index in [0.717, 1.165) is 41.8 Å². The van der Waals surface area contributed by atoms with Gasteiger partial charge in [0.1, 0.15) is 27.4 Å². The van der Waals surface area contributed by atoms with E-state index < -0.39 is 21.7 Å². The van der Waals surface area contributed by atoms with Crippen LogP contribution in [0.25, 0.3) is 0 Å². The Hall–Kier alpha value is -1.60. The molecule has 1 aromatic rings. The second-order valence-corrected chi connectivity index (χ2v) is 12.1. The molecule has 0 aromatic carbocycles. The van der Waals surface area contributed by atoms with Gasteiger partial charge in [0.05, 0.1) is 5.69 Å². The quantitative estimate of drug-likeness (QED) is 0.639. The molecule has 3 rings (SSSR count). The Morgan fingerprint density at radius 1 is 1.24 bits per heavy atom. The fraction of sp³-hybridized carbons (Fsp3) is 0.682. The van der Waals surface area contributed by atoms with Crippen LogP contribution in [0.2, 0.25) is 0 Å². The van der Waals surface area contributed by atoms with Crippen molar-refractivity contribution in [3.8, 4) is 0 Å². The van der Waals surface area contributed by atoms with Gasteiger partial charge in [-0.3, -0.25) is 4.98 Å². The number of hydrogen-bond acceptors (Lipinski definition) is 5. The van der Waals surface area contributed by atoms with E-state index in [1.54, 1.807) is 4.90 Å². The maximum atomic E-state index is 12.9. The first-order valence-corrected chi connectivity index (χ1v) is 11.4. The summed E-state index contributed by atoms with van der Waals surface area (Å²) in [5.41, 5.74) is 3.29. The molecule has 1 aromatic heterocycles. The zero-order valence-electron chi connectivity index (χ0n) is 18.7. The zero-order valence-corrected chi connectivity index (χ0v) is 19.5. The van der Waals surface area contributed by atoms with Crippen molar-refractivity contribution >= 4 is 23.2 Å². The molecule has 1 aliphatic carbocycles. The largest absolute Gasteiger partial charge is 0.591 e. The van der Waals surface area contributed by atoms with E-state index in [1.165, 1.54) is 0 Å². The van der Waals surface area contributed by atoms with Crippen molar-refractivity contribution in [1.82, 2.24) is 9.88 Å². The Morgan fingerprint density at radius 3 is 2.41 bits per heavy atom. The predicted octanol–water partition coefficient (Wildman–Crippen LogP) is 4.21. The monoisotopic (exact) mass is 419 g/mol. The van der Waals surface area contributed by atoms with Gasteiger partial charge in [0.2, 0.25) is 0 Å². The maximum absolute atomic E-state index is 12.9. The first-order valence-electron chi connectivity index (χ1n) is 10.3. The van der Waals surface area contributed by atoms with Crippen LogP contribution in [0.3, 0.4) is 0 Å². The first-order chi connectivity index (χ1) is 13.3. The number of carbonyl (C=O) groups excluding carboxylic acids is 1. The Morgan fingerprint density at radius 2 is 1.86 bits per heavy atom. The smallest absolute Gasteiger partial charge is 0.410 e. The fourth-order valence-corrected chi connectivity index (χ4v) is 4.59. The van der Waals surface area contributed by atoms with Crippen molar-refractivity contribution in [2.45, 2.75) is 78.1 Å². The van der Waals surface area contributed by atoms with Crippen LogP contribution in [0.15, 0.2) is 16.7 Å². The first kappa shape index (κ1) is 22.1. The average Bonchev–Trinajstić information content (AvgIpc) is 2.86. The van der Waals surface area contributed by atoms with Crippen LogP contribution in [-0.2, 0) is 22.5 Å². The van der Waals surface area contributed by atoms with Crippen LogP contribution in [0, 0.1) is 12.3 Å². The predicted molar refractivity (Wildman–Crippen MR) is 117 cm³/mol. The van der Waals surface area contributed by atoms with Crippen LogP contribution in [-0.4, -0.2) is 49.7 Å². The van der Waals surface area contributed by atoms with E-state index in [2.05, 4.69) is 11.1 Å². The number of aromatic nitrogens is 1. The normalized spacial score (nSPS) is 21.4. The molecular formula is C22H33N3O3S. The molecule has 2 heterocycles. The minimum atomic E-state index is -1.34. The minimum Gasteiger partial charge on any atom is -0.591 e. The van der Waals surface area contributed by atoms with E-state index in [9.17, 15) is 9.35 Å². The van der Waals surface area contributed by atoms with Crippen LogP contribution in [0.5, 0.6) is 0 Å². The summed E-state index contributed by atoms with van der Waals surface area (Å²) in [5, 5.41) is 0. The van der Waals surface area contributed by atoms with Gasteiger partial charge in [-0.1, -0.05) is 4.40 Å². The molecule has 160 valence electrons. The molecule has 0 N–H and O–H groups in total. The zero-order chi connectivity index (χ0) is 21.6. The lowest BCUT2D eigenvalue weighted by atomic mass is 9.75. The lowest BCUT2D eigenvalue weighted by Gasteiger charge is -2.39. The molecule has 1 atom stereocenters. The van der Waals surface area contributed by atoms with Crippen LogP contribution in [0.4, 0.5) is 4.79 Å². The summed E-state index contributed by atoms with van der Waals surface area (Å²) in [4.78, 5) is 18.9. The third-order valence-corrected chi connectivity index (χ3v) is 6.84. The van der Waals surface area contributed by atoms with Gasteiger partial charge in [-0.25, -0.2) is 4.79 Å². The van der Waals surface area contributed by atoms with Gasteiger partial charge in [0.25, 0.3) is 0 Å². The van der Waals surface area contributed by atoms with Crippen molar-refractivity contribution in [2.24, 2.45) is 9.81 Å². The lowest BCUT2D eigenvalue weighted by molar-refractivity contribution is 0.0159. The number of rotatable bonds is 1. The number of carbonyl (C=O) groups is 1. The van der Waals surface area contributed by atoms with Gasteiger partial charge >= 0.3 is 6.09 Å². The summed E-state index contributed by atoms with van der Waals surface area (Å²) in [6.45, 7) is 14.7. The summed E-state index contributed by atoms with van der Waals surface area (Å²) in [6.07, 6.45) is 3.93. The number of hydrogen-bond donors (Lipinski definition) is 0. The van der Waals surface area contributed by atoms with E-state index in [1.807, 2.05) is 54.7 Å². The highest BCUT2D eigenvalue weighted by atomic mass is 32.2. The summed E-state index contributed by atoms with van der Waals surface area (Å²) < 4.78 is 22.8. The number of pyridine rings is 1. The molecule has 29 heavy (non-hydrogen) atoms. The third kappa shape index (κ3) is 4.77. The van der Waals surface area contributed by atoms with Crippen LogP contribution < -0.4 is 0 Å². The van der Waals surface area contributed by atoms with Crippen molar-refractivity contribution in [3.05, 3.63) is 29.1 Å². The SMILES string of the molecule is Cc1cnc2c(c1)C(=N[S+]([O-])C(C)(C)C)C1(CCN(C(=O)OC(C)(C)C)CC1)C2. The Bertz CT molecular complexity index is 816. The molecule has 1 saturated heterocycles. The van der Waals surface area contributed by atoms with E-state index >= 15 is 0 Å². The fourth-order valence-electron chi connectivity index (χ4n) is 3.86. The third-order valence-electron chi connectivity index (χ3n) is 5.44. The summed E-state index contributed by atoms with van der Waals surface area (Å²) in [5.74, 6) is 0. The number of aryl methyl sites for hydroxylation is 1. The molecule has 0 radical (unpaired) electrons. The number of ether oxygens (including phenoxy) is 1. The summed E-state index contributed by atoms with van der Waals surface area (Å²) in [6, 6.07) is 2.11. The molecule has 1 fully saturated rings. The molecule has 1 amide bonds. The summed E-state index contributed by atoms with van der Waals surface area (Å²) >= 11 is -1.34. The number of piperidine rings is 1. The highest BCUT2D eigenvalue weighted by molar-refractivity contribution is 7.91. The van der Waals surface area contributed by atoms with Gasteiger partial charge in [0, 0.05) is 36.7 Å². The second kappa shape index (κ2) is 7.58. The second-order valence-electron chi connectivity index (χ2n) is 10.2. The number of likely N-dealkylation sites (tertiary alicyclic amines) is 1. The van der Waals surface area contributed by atoms with E-state index in [4.69, 9.17) is 9.13 Å². The molecule has 0 bridgehead atoms. The molecule has 0 saturated carbocycles. The van der Waals surface area contributed by atoms with E-state index in [-0.39, 0.29) is 11.5 Å². The van der Waals surface area contributed by atoms with Gasteiger partial charge in [-0.15, -0.1) is 0 Å². The van der Waals surface area contributed by atoms with Crippen molar-refractivity contribution in [2.75, 3.05) is 13.1 Å². The topological polar surface area (TPSA) is 77.9 Å².